The van der Waals surface area contributed by atoms with E-state index in [0.29, 0.717) is 24.6 Å². The summed E-state index contributed by atoms with van der Waals surface area (Å²) in [5.41, 5.74) is 1.33. The van der Waals surface area contributed by atoms with Crippen molar-refractivity contribution in [1.29, 1.82) is 0 Å². The highest BCUT2D eigenvalue weighted by Crippen LogP contribution is 2.39. The van der Waals surface area contributed by atoms with Crippen LogP contribution in [-0.2, 0) is 4.79 Å². The molecule has 1 amide bonds. The van der Waals surface area contributed by atoms with Crippen molar-refractivity contribution < 1.29 is 14.7 Å². The van der Waals surface area contributed by atoms with Gasteiger partial charge in [0.25, 0.3) is 5.91 Å². The Morgan fingerprint density at radius 1 is 1.39 bits per heavy atom. The monoisotopic (exact) mass is 249 g/mol. The SMILES string of the molecule is O=C(O)[C@H]1CCCN1C(=O)c1cc(C2CC2)[nH]n1. The molecule has 1 saturated heterocycles. The van der Waals surface area contributed by atoms with Gasteiger partial charge >= 0.3 is 5.97 Å². The van der Waals surface area contributed by atoms with E-state index in [1.165, 1.54) is 4.90 Å². The van der Waals surface area contributed by atoms with E-state index < -0.39 is 12.0 Å². The lowest BCUT2D eigenvalue weighted by molar-refractivity contribution is -0.141. The number of nitrogens with one attached hydrogen (secondary N) is 1. The number of carboxylic acid groups (broad SMARTS) is 1. The van der Waals surface area contributed by atoms with Crippen LogP contribution in [0.25, 0.3) is 0 Å². The normalized spacial score (nSPS) is 23.3. The molecule has 3 rings (SSSR count). The molecular formula is C12H15N3O3. The number of likely N-dealkylation sites (tertiary alicyclic amines) is 1. The van der Waals surface area contributed by atoms with Crippen molar-refractivity contribution in [3.8, 4) is 0 Å². The summed E-state index contributed by atoms with van der Waals surface area (Å²) in [6, 6.07) is 1.07. The van der Waals surface area contributed by atoms with Gasteiger partial charge in [0.15, 0.2) is 0 Å². The van der Waals surface area contributed by atoms with Crippen LogP contribution in [0.3, 0.4) is 0 Å². The van der Waals surface area contributed by atoms with Crippen molar-refractivity contribution >= 4 is 11.9 Å². The van der Waals surface area contributed by atoms with E-state index in [-0.39, 0.29) is 5.91 Å². The molecule has 2 N–H and O–H groups in total. The van der Waals surface area contributed by atoms with Gasteiger partial charge in [-0.15, -0.1) is 0 Å². The number of rotatable bonds is 3. The molecule has 1 aromatic rings. The van der Waals surface area contributed by atoms with E-state index in [9.17, 15) is 9.59 Å². The molecule has 0 unspecified atom stereocenters. The van der Waals surface area contributed by atoms with E-state index in [0.717, 1.165) is 25.0 Å². The predicted molar refractivity (Wildman–Crippen MR) is 62.3 cm³/mol. The topological polar surface area (TPSA) is 86.3 Å². The molecule has 2 aliphatic rings. The molecule has 0 bridgehead atoms. The summed E-state index contributed by atoms with van der Waals surface area (Å²) in [6.07, 6.45) is 3.54. The molecule has 96 valence electrons. The van der Waals surface area contributed by atoms with Crippen molar-refractivity contribution in [2.75, 3.05) is 6.54 Å². The number of amides is 1. The molecule has 1 aromatic heterocycles. The number of carboxylic acids is 1. The summed E-state index contributed by atoms with van der Waals surface area (Å²) < 4.78 is 0. The molecule has 2 heterocycles. The molecule has 1 saturated carbocycles. The fraction of sp³-hybridized carbons (Fsp3) is 0.583. The Bertz CT molecular complexity index is 493. The second-order valence-corrected chi connectivity index (χ2v) is 4.98. The van der Waals surface area contributed by atoms with Gasteiger partial charge in [-0.2, -0.15) is 5.10 Å². The van der Waals surface area contributed by atoms with Gasteiger partial charge in [0.05, 0.1) is 0 Å². The van der Waals surface area contributed by atoms with E-state index in [2.05, 4.69) is 10.2 Å². The van der Waals surface area contributed by atoms with E-state index in [4.69, 9.17) is 5.11 Å². The van der Waals surface area contributed by atoms with Crippen molar-refractivity contribution in [1.82, 2.24) is 15.1 Å². The molecule has 6 heteroatoms. The third-order valence-electron chi connectivity index (χ3n) is 3.63. The van der Waals surface area contributed by atoms with Crippen molar-refractivity contribution in [2.45, 2.75) is 37.6 Å². The number of nitrogens with zero attached hydrogens (tertiary/aromatic N) is 2. The van der Waals surface area contributed by atoms with E-state index >= 15 is 0 Å². The minimum atomic E-state index is -0.932. The van der Waals surface area contributed by atoms with Gasteiger partial charge in [0.1, 0.15) is 11.7 Å². The molecule has 0 aromatic carbocycles. The maximum Gasteiger partial charge on any atom is 0.326 e. The Balaban J connectivity index is 1.78. The zero-order valence-electron chi connectivity index (χ0n) is 9.93. The number of carbonyl (C=O) groups excluding carboxylic acids is 1. The quantitative estimate of drug-likeness (QED) is 0.836. The van der Waals surface area contributed by atoms with Crippen LogP contribution >= 0.6 is 0 Å². The van der Waals surface area contributed by atoms with Gasteiger partial charge in [-0.1, -0.05) is 0 Å². The van der Waals surface area contributed by atoms with Crippen LogP contribution in [0.2, 0.25) is 0 Å². The standard InChI is InChI=1S/C12H15N3O3/c16-11(15-5-1-2-10(15)12(17)18)9-6-8(13-14-9)7-3-4-7/h6-7,10H,1-5H2,(H,13,14)(H,17,18)/t10-/m1/s1. The fourth-order valence-corrected chi connectivity index (χ4v) is 2.46. The van der Waals surface area contributed by atoms with Crippen LogP contribution in [0.1, 0.15) is 47.8 Å². The van der Waals surface area contributed by atoms with Crippen LogP contribution in [0.5, 0.6) is 0 Å². The third-order valence-corrected chi connectivity index (χ3v) is 3.63. The summed E-state index contributed by atoms with van der Waals surface area (Å²) in [5, 5.41) is 15.9. The molecule has 0 radical (unpaired) electrons. The number of aromatic amines is 1. The zero-order chi connectivity index (χ0) is 12.7. The Morgan fingerprint density at radius 2 is 2.17 bits per heavy atom. The van der Waals surface area contributed by atoms with Crippen molar-refractivity contribution in [3.05, 3.63) is 17.5 Å². The largest absolute Gasteiger partial charge is 0.480 e. The maximum atomic E-state index is 12.2. The first-order chi connectivity index (χ1) is 8.66. The van der Waals surface area contributed by atoms with Gasteiger partial charge in [-0.25, -0.2) is 4.79 Å². The minimum absolute atomic E-state index is 0.275. The van der Waals surface area contributed by atoms with Crippen LogP contribution in [-0.4, -0.2) is 44.7 Å². The molecule has 6 nitrogen and oxygen atoms in total. The fourth-order valence-electron chi connectivity index (χ4n) is 2.46. The third kappa shape index (κ3) is 1.87. The summed E-state index contributed by atoms with van der Waals surface area (Å²) in [7, 11) is 0. The van der Waals surface area contributed by atoms with Gasteiger partial charge < -0.3 is 10.0 Å². The maximum absolute atomic E-state index is 12.2. The molecule has 1 aliphatic heterocycles. The number of carbonyl (C=O) groups is 2. The molecule has 18 heavy (non-hydrogen) atoms. The lowest BCUT2D eigenvalue weighted by atomic mass is 10.2. The van der Waals surface area contributed by atoms with Crippen molar-refractivity contribution in [3.63, 3.8) is 0 Å². The summed E-state index contributed by atoms with van der Waals surface area (Å²) in [4.78, 5) is 24.7. The van der Waals surface area contributed by atoms with E-state index in [1.807, 2.05) is 0 Å². The summed E-state index contributed by atoms with van der Waals surface area (Å²) in [6.45, 7) is 0.501. The molecule has 2 fully saturated rings. The van der Waals surface area contributed by atoms with Crippen LogP contribution in [0.4, 0.5) is 0 Å². The summed E-state index contributed by atoms with van der Waals surface area (Å²) >= 11 is 0. The Morgan fingerprint density at radius 3 is 2.83 bits per heavy atom. The molecule has 1 aliphatic carbocycles. The van der Waals surface area contributed by atoms with Gasteiger partial charge in [-0.3, -0.25) is 9.89 Å². The van der Waals surface area contributed by atoms with Gasteiger partial charge in [-0.05, 0) is 31.7 Å². The number of H-pyrrole nitrogens is 1. The van der Waals surface area contributed by atoms with Crippen LogP contribution < -0.4 is 0 Å². The summed E-state index contributed by atoms with van der Waals surface area (Å²) in [5.74, 6) is -0.699. The Kier molecular flexibility index (Phi) is 2.57. The zero-order valence-corrected chi connectivity index (χ0v) is 9.93. The highest BCUT2D eigenvalue weighted by molar-refractivity contribution is 5.95. The Hall–Kier alpha value is -1.85. The number of aliphatic carboxylic acids is 1. The molecular weight excluding hydrogens is 234 g/mol. The first kappa shape index (κ1) is 11.3. The van der Waals surface area contributed by atoms with Gasteiger partial charge in [0, 0.05) is 18.2 Å². The van der Waals surface area contributed by atoms with Gasteiger partial charge in [0.2, 0.25) is 0 Å². The number of aromatic nitrogens is 2. The average molecular weight is 249 g/mol. The first-order valence-electron chi connectivity index (χ1n) is 6.26. The lowest BCUT2D eigenvalue weighted by Gasteiger charge is -2.19. The Labute approximate surface area is 104 Å². The van der Waals surface area contributed by atoms with Crippen LogP contribution in [0, 0.1) is 0 Å². The number of hydrogen-bond acceptors (Lipinski definition) is 3. The highest BCUT2D eigenvalue weighted by atomic mass is 16.4. The second-order valence-electron chi connectivity index (χ2n) is 4.98. The van der Waals surface area contributed by atoms with Crippen LogP contribution in [0.15, 0.2) is 6.07 Å². The predicted octanol–water partition coefficient (Wildman–Crippen LogP) is 0.976. The smallest absolute Gasteiger partial charge is 0.326 e. The highest BCUT2D eigenvalue weighted by Gasteiger charge is 2.36. The minimum Gasteiger partial charge on any atom is -0.480 e. The first-order valence-corrected chi connectivity index (χ1v) is 6.26. The lowest BCUT2D eigenvalue weighted by Crippen LogP contribution is -2.40. The molecule has 1 atom stereocenters. The van der Waals surface area contributed by atoms with E-state index in [1.54, 1.807) is 6.07 Å². The average Bonchev–Trinajstić information content (AvgIpc) is 2.92. The molecule has 0 spiro atoms. The number of hydrogen-bond donors (Lipinski definition) is 2. The van der Waals surface area contributed by atoms with Crippen molar-refractivity contribution in [2.24, 2.45) is 0 Å². The second kappa shape index (κ2) is 4.12.